The molecule has 3 atom stereocenters. The van der Waals surface area contributed by atoms with Gasteiger partial charge >= 0.3 is 11.9 Å². The number of esters is 2. The second-order valence-electron chi connectivity index (χ2n) is 9.05. The maximum absolute atomic E-state index is 13.7. The average molecular weight is 536 g/mol. The summed E-state index contributed by atoms with van der Waals surface area (Å²) < 4.78 is 11.0. The topological polar surface area (TPSA) is 121 Å². The first-order valence-corrected chi connectivity index (χ1v) is 13.2. The van der Waals surface area contributed by atoms with Gasteiger partial charge in [-0.1, -0.05) is 42.5 Å². The van der Waals surface area contributed by atoms with Gasteiger partial charge in [-0.2, -0.15) is 0 Å². The Bertz CT molecular complexity index is 1390. The summed E-state index contributed by atoms with van der Waals surface area (Å²) in [6.45, 7) is 7.49. The van der Waals surface area contributed by atoms with Gasteiger partial charge in [0, 0.05) is 34.7 Å². The van der Waals surface area contributed by atoms with Crippen molar-refractivity contribution in [2.75, 3.05) is 13.2 Å². The molecular weight excluding hydrogens is 506 g/mol. The number of aromatic nitrogens is 1. The first kappa shape index (κ1) is 27.0. The molecule has 0 saturated heterocycles. The zero-order valence-corrected chi connectivity index (χ0v) is 22.4. The summed E-state index contributed by atoms with van der Waals surface area (Å²) in [4.78, 5) is 42.5. The number of rotatable bonds is 8. The number of benzene rings is 2. The third kappa shape index (κ3) is 5.04. The van der Waals surface area contributed by atoms with E-state index < -0.39 is 34.2 Å². The van der Waals surface area contributed by atoms with Crippen molar-refractivity contribution >= 4 is 29.0 Å². The minimum absolute atomic E-state index is 0.0366. The Labute approximate surface area is 224 Å². The standard InChI is InChI=1S/C28H29N3O6S/c1-5-36-25(32)22-17(3)30-28(4,24(26(33)37-6-2)23(22)18-11-8-7-9-12-18)27-29-21(16-38-27)19-13-10-14-20(15-19)31(34)35/h7-16,23-24,30H,5-6H2,1-4H3. The van der Waals surface area contributed by atoms with Gasteiger partial charge in [0.05, 0.1) is 35.3 Å². The van der Waals surface area contributed by atoms with Crippen LogP contribution in [0.3, 0.4) is 0 Å². The van der Waals surface area contributed by atoms with E-state index >= 15 is 0 Å². The number of thiazole rings is 1. The Balaban J connectivity index is 1.89. The van der Waals surface area contributed by atoms with Crippen LogP contribution in [-0.4, -0.2) is 35.1 Å². The number of carbonyl (C=O) groups excluding carboxylic acids is 2. The van der Waals surface area contributed by atoms with Crippen LogP contribution in [0.2, 0.25) is 0 Å². The molecule has 0 amide bonds. The van der Waals surface area contributed by atoms with E-state index in [1.165, 1.54) is 23.5 Å². The lowest BCUT2D eigenvalue weighted by atomic mass is 9.67. The number of ether oxygens (including phenoxy) is 2. The SMILES string of the molecule is CCOC(=O)C1=C(C)NC(C)(c2nc(-c3cccc([N+](=O)[O-])c3)cs2)C(C(=O)OCC)C1c1ccccc1. The van der Waals surface area contributed by atoms with Gasteiger partial charge < -0.3 is 14.8 Å². The molecule has 2 heterocycles. The summed E-state index contributed by atoms with van der Waals surface area (Å²) in [5.74, 6) is -2.50. The Hall–Kier alpha value is -4.05. The first-order valence-electron chi connectivity index (χ1n) is 12.3. The molecule has 0 saturated carbocycles. The maximum atomic E-state index is 13.7. The molecule has 0 fully saturated rings. The van der Waals surface area contributed by atoms with E-state index in [4.69, 9.17) is 14.5 Å². The predicted molar refractivity (Wildman–Crippen MR) is 143 cm³/mol. The Morgan fingerprint density at radius 1 is 1.11 bits per heavy atom. The zero-order chi connectivity index (χ0) is 27.4. The first-order chi connectivity index (χ1) is 18.2. The molecule has 3 unspecified atom stereocenters. The van der Waals surface area contributed by atoms with Crippen LogP contribution >= 0.6 is 11.3 Å². The van der Waals surface area contributed by atoms with Gasteiger partial charge in [0.1, 0.15) is 10.5 Å². The van der Waals surface area contributed by atoms with Gasteiger partial charge in [-0.15, -0.1) is 11.3 Å². The maximum Gasteiger partial charge on any atom is 0.336 e. The van der Waals surface area contributed by atoms with Crippen molar-refractivity contribution in [3.63, 3.8) is 0 Å². The fraction of sp³-hybridized carbons (Fsp3) is 0.321. The Morgan fingerprint density at radius 2 is 1.82 bits per heavy atom. The second-order valence-corrected chi connectivity index (χ2v) is 9.91. The second kappa shape index (κ2) is 11.1. The van der Waals surface area contributed by atoms with E-state index in [1.807, 2.05) is 37.3 Å². The third-order valence-corrected chi connectivity index (χ3v) is 7.69. The minimum Gasteiger partial charge on any atom is -0.466 e. The molecule has 0 aliphatic carbocycles. The summed E-state index contributed by atoms with van der Waals surface area (Å²) in [7, 11) is 0. The quantitative estimate of drug-likeness (QED) is 0.233. The Kier molecular flexibility index (Phi) is 7.91. The molecule has 1 aliphatic rings. The van der Waals surface area contributed by atoms with E-state index in [1.54, 1.807) is 38.3 Å². The van der Waals surface area contributed by atoms with Crippen LogP contribution in [0.5, 0.6) is 0 Å². The van der Waals surface area contributed by atoms with Crippen LogP contribution < -0.4 is 5.32 Å². The van der Waals surface area contributed by atoms with E-state index in [-0.39, 0.29) is 18.9 Å². The van der Waals surface area contributed by atoms with Crippen molar-refractivity contribution in [2.24, 2.45) is 5.92 Å². The van der Waals surface area contributed by atoms with Gasteiger partial charge in [0.15, 0.2) is 0 Å². The summed E-state index contributed by atoms with van der Waals surface area (Å²) in [6.07, 6.45) is 0. The van der Waals surface area contributed by atoms with Crippen molar-refractivity contribution in [1.29, 1.82) is 0 Å². The number of nitrogens with zero attached hydrogens (tertiary/aromatic N) is 2. The number of hydrogen-bond acceptors (Lipinski definition) is 9. The molecule has 1 N–H and O–H groups in total. The molecule has 1 aliphatic heterocycles. The monoisotopic (exact) mass is 535 g/mol. The van der Waals surface area contributed by atoms with Crippen molar-refractivity contribution in [3.05, 3.63) is 91.9 Å². The lowest BCUT2D eigenvalue weighted by Crippen LogP contribution is -2.55. The molecule has 0 spiro atoms. The molecule has 9 nitrogen and oxygen atoms in total. The molecule has 198 valence electrons. The lowest BCUT2D eigenvalue weighted by Gasteiger charge is -2.45. The molecule has 10 heteroatoms. The van der Waals surface area contributed by atoms with Crippen molar-refractivity contribution < 1.29 is 24.0 Å². The van der Waals surface area contributed by atoms with Gasteiger partial charge in [-0.3, -0.25) is 14.9 Å². The van der Waals surface area contributed by atoms with E-state index in [9.17, 15) is 19.7 Å². The van der Waals surface area contributed by atoms with Crippen molar-refractivity contribution in [3.8, 4) is 11.3 Å². The fourth-order valence-electron chi connectivity index (χ4n) is 4.99. The van der Waals surface area contributed by atoms with E-state index in [0.29, 0.717) is 27.5 Å². The molecule has 0 radical (unpaired) electrons. The van der Waals surface area contributed by atoms with Gasteiger partial charge in [-0.05, 0) is 33.3 Å². The molecule has 0 bridgehead atoms. The van der Waals surface area contributed by atoms with Crippen molar-refractivity contribution in [1.82, 2.24) is 10.3 Å². The van der Waals surface area contributed by atoms with Crippen LogP contribution in [-0.2, 0) is 24.6 Å². The number of nitro groups is 1. The van der Waals surface area contributed by atoms with Crippen molar-refractivity contribution in [2.45, 2.75) is 39.2 Å². The largest absolute Gasteiger partial charge is 0.466 e. The highest BCUT2D eigenvalue weighted by atomic mass is 32.1. The van der Waals surface area contributed by atoms with E-state index in [0.717, 1.165) is 5.56 Å². The minimum atomic E-state index is -1.06. The number of hydrogen-bond donors (Lipinski definition) is 1. The molecule has 3 aromatic rings. The number of carbonyl (C=O) groups is 2. The highest BCUT2D eigenvalue weighted by Crippen LogP contribution is 2.49. The average Bonchev–Trinajstić information content (AvgIpc) is 3.40. The highest BCUT2D eigenvalue weighted by Gasteiger charge is 2.54. The number of allylic oxidation sites excluding steroid dienone is 1. The number of nitrogens with one attached hydrogen (secondary N) is 1. The summed E-state index contributed by atoms with van der Waals surface area (Å²) in [6, 6.07) is 15.6. The zero-order valence-electron chi connectivity index (χ0n) is 21.6. The predicted octanol–water partition coefficient (Wildman–Crippen LogP) is 5.34. The summed E-state index contributed by atoms with van der Waals surface area (Å²) >= 11 is 1.33. The lowest BCUT2D eigenvalue weighted by molar-refractivity contribution is -0.384. The van der Waals surface area contributed by atoms with Crippen LogP contribution in [0.15, 0.2) is 71.2 Å². The smallest absolute Gasteiger partial charge is 0.336 e. The van der Waals surface area contributed by atoms with Crippen LogP contribution in [0.1, 0.15) is 44.2 Å². The van der Waals surface area contributed by atoms with Gasteiger partial charge in [-0.25, -0.2) is 9.78 Å². The van der Waals surface area contributed by atoms with Gasteiger partial charge in [0.25, 0.3) is 5.69 Å². The highest BCUT2D eigenvalue weighted by molar-refractivity contribution is 7.10. The van der Waals surface area contributed by atoms with Crippen LogP contribution in [0, 0.1) is 16.0 Å². The summed E-state index contributed by atoms with van der Waals surface area (Å²) in [5.41, 5.74) is 1.76. The molecule has 38 heavy (non-hydrogen) atoms. The molecule has 1 aromatic heterocycles. The molecule has 2 aromatic carbocycles. The van der Waals surface area contributed by atoms with Crippen LogP contribution in [0.4, 0.5) is 5.69 Å². The van der Waals surface area contributed by atoms with E-state index in [2.05, 4.69) is 5.32 Å². The van der Waals surface area contributed by atoms with Gasteiger partial charge in [0.2, 0.25) is 0 Å². The molecular formula is C28H29N3O6S. The molecule has 4 rings (SSSR count). The number of non-ortho nitro benzene ring substituents is 1. The normalized spacial score (nSPS) is 20.9. The van der Waals surface area contributed by atoms with Crippen LogP contribution in [0.25, 0.3) is 11.3 Å². The fourth-order valence-corrected chi connectivity index (χ4v) is 5.98. The third-order valence-electron chi connectivity index (χ3n) is 6.61. The number of nitro benzene ring substituents is 1. The Morgan fingerprint density at radius 3 is 2.47 bits per heavy atom. The summed E-state index contributed by atoms with van der Waals surface area (Å²) in [5, 5.41) is 17.1.